The van der Waals surface area contributed by atoms with Gasteiger partial charge in [-0.1, -0.05) is 12.1 Å². The summed E-state index contributed by atoms with van der Waals surface area (Å²) in [6.45, 7) is 3.80. The molecule has 8 heteroatoms. The largest absolute Gasteiger partial charge is 0.508 e. The van der Waals surface area contributed by atoms with Gasteiger partial charge in [0, 0.05) is 25.2 Å². The number of piperazine rings is 1. The van der Waals surface area contributed by atoms with Crippen molar-refractivity contribution in [1.29, 1.82) is 0 Å². The molecule has 0 aliphatic carbocycles. The van der Waals surface area contributed by atoms with E-state index in [4.69, 9.17) is 4.98 Å². The molecule has 172 valence electrons. The number of pyridine rings is 1. The number of aryl methyl sites for hydroxylation is 1. The van der Waals surface area contributed by atoms with Crippen LogP contribution in [0.4, 0.5) is 4.39 Å². The summed E-state index contributed by atoms with van der Waals surface area (Å²) in [6.07, 6.45) is 4.70. The van der Waals surface area contributed by atoms with Crippen LogP contribution < -0.4 is 5.32 Å². The Labute approximate surface area is 195 Å². The number of carbonyl (C=O) groups is 1. The van der Waals surface area contributed by atoms with Crippen LogP contribution >= 0.6 is 0 Å². The Bertz CT molecular complexity index is 1380. The summed E-state index contributed by atoms with van der Waals surface area (Å²) in [7, 11) is 0. The third-order valence-electron chi connectivity index (χ3n) is 6.19. The molecule has 3 N–H and O–H groups in total. The highest BCUT2D eigenvalue weighted by atomic mass is 19.1. The number of hydrogen-bond donors (Lipinski definition) is 3. The Morgan fingerprint density at radius 2 is 1.97 bits per heavy atom. The van der Waals surface area contributed by atoms with Gasteiger partial charge in [-0.2, -0.15) is 5.10 Å². The fourth-order valence-electron chi connectivity index (χ4n) is 4.37. The van der Waals surface area contributed by atoms with Gasteiger partial charge >= 0.3 is 0 Å². The number of H-pyrrole nitrogens is 1. The maximum Gasteiger partial charge on any atom is 0.210 e. The van der Waals surface area contributed by atoms with Crippen molar-refractivity contribution in [2.24, 2.45) is 0 Å². The average molecular weight is 458 g/mol. The van der Waals surface area contributed by atoms with E-state index in [9.17, 15) is 14.3 Å². The van der Waals surface area contributed by atoms with Crippen LogP contribution in [0.2, 0.25) is 0 Å². The molecule has 1 amide bonds. The number of nitrogens with zero attached hydrogens (tertiary/aromatic N) is 3. The normalized spacial score (nSPS) is 16.4. The zero-order chi connectivity index (χ0) is 23.7. The molecule has 1 atom stereocenters. The molecule has 3 heterocycles. The van der Waals surface area contributed by atoms with E-state index in [-0.39, 0.29) is 17.6 Å². The summed E-state index contributed by atoms with van der Waals surface area (Å²) >= 11 is 0. The number of fused-ring (bicyclic) bond motifs is 1. The molecule has 7 nitrogen and oxygen atoms in total. The Kier molecular flexibility index (Phi) is 5.81. The Morgan fingerprint density at radius 3 is 2.74 bits per heavy atom. The van der Waals surface area contributed by atoms with Crippen molar-refractivity contribution in [2.75, 3.05) is 19.6 Å². The second-order valence-electron chi connectivity index (χ2n) is 8.38. The number of hydrogen-bond acceptors (Lipinski definition) is 5. The van der Waals surface area contributed by atoms with E-state index in [0.29, 0.717) is 24.4 Å². The molecule has 1 aliphatic heterocycles. The predicted octanol–water partition coefficient (Wildman–Crippen LogP) is 4.05. The molecule has 0 spiro atoms. The lowest BCUT2D eigenvalue weighted by Gasteiger charge is -2.34. The zero-order valence-electron chi connectivity index (χ0n) is 18.6. The highest BCUT2D eigenvalue weighted by Crippen LogP contribution is 2.34. The first-order valence-electron chi connectivity index (χ1n) is 11.1. The quantitative estimate of drug-likeness (QED) is 0.393. The first-order valence-corrected chi connectivity index (χ1v) is 11.1. The summed E-state index contributed by atoms with van der Waals surface area (Å²) in [5, 5.41) is 21.4. The maximum absolute atomic E-state index is 13.5. The predicted molar refractivity (Wildman–Crippen MR) is 129 cm³/mol. The second kappa shape index (κ2) is 9.07. The van der Waals surface area contributed by atoms with Crippen LogP contribution in [-0.2, 0) is 4.79 Å². The molecule has 0 radical (unpaired) electrons. The molecule has 34 heavy (non-hydrogen) atoms. The van der Waals surface area contributed by atoms with Gasteiger partial charge in [-0.25, -0.2) is 9.37 Å². The fraction of sp³-hybridized carbons (Fsp3) is 0.192. The van der Waals surface area contributed by atoms with Crippen molar-refractivity contribution in [2.45, 2.75) is 13.0 Å². The smallest absolute Gasteiger partial charge is 0.210 e. The molecule has 1 fully saturated rings. The molecule has 1 unspecified atom stereocenters. The van der Waals surface area contributed by atoms with E-state index in [2.05, 4.69) is 15.5 Å². The number of carbonyl (C=O) groups excluding carboxylic acids is 1. The molecule has 1 aliphatic rings. The molecule has 4 aromatic rings. The highest BCUT2D eigenvalue weighted by Gasteiger charge is 2.27. The van der Waals surface area contributed by atoms with Gasteiger partial charge < -0.3 is 15.3 Å². The second-order valence-corrected chi connectivity index (χ2v) is 8.38. The van der Waals surface area contributed by atoms with Crippen molar-refractivity contribution >= 4 is 29.6 Å². The minimum atomic E-state index is -0.270. The number of aromatic amines is 1. The van der Waals surface area contributed by atoms with E-state index in [1.54, 1.807) is 35.2 Å². The number of benzene rings is 2. The zero-order valence-corrected chi connectivity index (χ0v) is 18.6. The van der Waals surface area contributed by atoms with Crippen molar-refractivity contribution < 1.29 is 14.3 Å². The number of amides is 1. The monoisotopic (exact) mass is 457 g/mol. The maximum atomic E-state index is 13.5. The lowest BCUT2D eigenvalue weighted by Crippen LogP contribution is -2.45. The number of halogens is 1. The summed E-state index contributed by atoms with van der Waals surface area (Å²) in [6, 6.07) is 13.3. The number of phenols is 1. The van der Waals surface area contributed by atoms with Gasteiger partial charge in [0.15, 0.2) is 5.65 Å². The summed E-state index contributed by atoms with van der Waals surface area (Å²) < 4.78 is 13.5. The molecular formula is C26H24FN5O2. The first kappa shape index (κ1) is 21.8. The molecule has 5 rings (SSSR count). The number of rotatable bonds is 5. The highest BCUT2D eigenvalue weighted by molar-refractivity contribution is 5.92. The van der Waals surface area contributed by atoms with Crippen molar-refractivity contribution in [1.82, 2.24) is 25.4 Å². The standard InChI is InChI=1S/C26H24FN5O2/c1-16-12-19(27)6-2-17(16)5-9-22-25-21(24-14-28-10-11-32(24)15-33)13-23(29-26(25)31-30-22)18-3-7-20(34)8-4-18/h2-9,12-13,15,24,28,34H,10-11,14H2,1H3,(H,29,30,31). The van der Waals surface area contributed by atoms with Gasteiger partial charge in [-0.05, 0) is 72.2 Å². The summed E-state index contributed by atoms with van der Waals surface area (Å²) in [5.74, 6) is -0.0921. The van der Waals surface area contributed by atoms with E-state index in [0.717, 1.165) is 46.3 Å². The Hall–Kier alpha value is -4.04. The lowest BCUT2D eigenvalue weighted by molar-refractivity contribution is -0.121. The van der Waals surface area contributed by atoms with Crippen LogP contribution in [0.15, 0.2) is 48.5 Å². The van der Waals surface area contributed by atoms with Crippen molar-refractivity contribution in [3.05, 3.63) is 76.7 Å². The van der Waals surface area contributed by atoms with Crippen LogP contribution in [0, 0.1) is 12.7 Å². The first-order chi connectivity index (χ1) is 16.5. The minimum absolute atomic E-state index is 0.178. The van der Waals surface area contributed by atoms with Gasteiger partial charge in [-0.3, -0.25) is 9.89 Å². The van der Waals surface area contributed by atoms with Gasteiger partial charge in [-0.15, -0.1) is 0 Å². The van der Waals surface area contributed by atoms with Gasteiger partial charge in [0.25, 0.3) is 0 Å². The van der Waals surface area contributed by atoms with Gasteiger partial charge in [0.2, 0.25) is 6.41 Å². The molecule has 1 saturated heterocycles. The summed E-state index contributed by atoms with van der Waals surface area (Å²) in [4.78, 5) is 18.4. The third kappa shape index (κ3) is 4.15. The fourth-order valence-corrected chi connectivity index (χ4v) is 4.37. The van der Waals surface area contributed by atoms with Crippen molar-refractivity contribution in [3.8, 4) is 17.0 Å². The average Bonchev–Trinajstić information content (AvgIpc) is 3.26. The third-order valence-corrected chi connectivity index (χ3v) is 6.19. The number of nitrogens with one attached hydrogen (secondary N) is 2. The van der Waals surface area contributed by atoms with Crippen LogP contribution in [0.25, 0.3) is 34.4 Å². The van der Waals surface area contributed by atoms with E-state index in [1.165, 1.54) is 12.1 Å². The SMILES string of the molecule is Cc1cc(F)ccc1C=Cc1[nH]nc2nc(-c3ccc(O)cc3)cc(C3CNCCN3C=O)c12. The molecule has 0 saturated carbocycles. The Balaban J connectivity index is 1.65. The Morgan fingerprint density at radius 1 is 1.15 bits per heavy atom. The molecule has 2 aromatic heterocycles. The van der Waals surface area contributed by atoms with E-state index < -0.39 is 0 Å². The van der Waals surface area contributed by atoms with Crippen LogP contribution in [-0.4, -0.2) is 51.2 Å². The molecular weight excluding hydrogens is 433 g/mol. The topological polar surface area (TPSA) is 94.1 Å². The van der Waals surface area contributed by atoms with Crippen LogP contribution in [0.3, 0.4) is 0 Å². The van der Waals surface area contributed by atoms with Gasteiger partial charge in [0.05, 0.1) is 22.8 Å². The molecule has 0 bridgehead atoms. The van der Waals surface area contributed by atoms with E-state index in [1.807, 2.05) is 25.1 Å². The van der Waals surface area contributed by atoms with Crippen molar-refractivity contribution in [3.63, 3.8) is 0 Å². The molecule has 2 aromatic carbocycles. The van der Waals surface area contributed by atoms with Gasteiger partial charge in [0.1, 0.15) is 11.6 Å². The van der Waals surface area contributed by atoms with Crippen LogP contribution in [0.5, 0.6) is 5.75 Å². The van der Waals surface area contributed by atoms with E-state index >= 15 is 0 Å². The summed E-state index contributed by atoms with van der Waals surface area (Å²) in [5.41, 5.74) is 5.49. The minimum Gasteiger partial charge on any atom is -0.508 e. The number of aromatic nitrogens is 3. The number of aromatic hydroxyl groups is 1. The van der Waals surface area contributed by atoms with Crippen LogP contribution in [0.1, 0.15) is 28.4 Å². The lowest BCUT2D eigenvalue weighted by atomic mass is 9.97. The number of phenolic OH excluding ortho intramolecular Hbond substituents is 1.